The van der Waals surface area contributed by atoms with Crippen molar-refractivity contribution in [1.82, 2.24) is 10.3 Å². The number of aromatic nitrogens is 1. The minimum Gasteiger partial charge on any atom is -0.383 e. The normalized spacial score (nSPS) is 22.4. The summed E-state index contributed by atoms with van der Waals surface area (Å²) in [5, 5.41) is 2.91. The lowest BCUT2D eigenvalue weighted by molar-refractivity contribution is 0.0827. The first-order chi connectivity index (χ1) is 9.11. The van der Waals surface area contributed by atoms with Gasteiger partial charge in [-0.2, -0.15) is 0 Å². The average Bonchev–Trinajstić information content (AvgIpc) is 2.86. The van der Waals surface area contributed by atoms with Gasteiger partial charge >= 0.3 is 0 Å². The van der Waals surface area contributed by atoms with Crippen molar-refractivity contribution in [2.75, 3.05) is 18.9 Å². The van der Waals surface area contributed by atoms with Crippen molar-refractivity contribution in [3.63, 3.8) is 0 Å². The number of nitrogens with one attached hydrogen (secondary N) is 1. The first-order valence-electron chi connectivity index (χ1n) is 6.42. The van der Waals surface area contributed by atoms with E-state index in [0.29, 0.717) is 18.0 Å². The molecule has 1 aliphatic rings. The summed E-state index contributed by atoms with van der Waals surface area (Å²) in [6, 6.07) is 1.68. The number of ether oxygens (including phenoxy) is 1. The summed E-state index contributed by atoms with van der Waals surface area (Å²) in [5.41, 5.74) is 6.11. The van der Waals surface area contributed by atoms with Gasteiger partial charge in [0, 0.05) is 29.7 Å². The van der Waals surface area contributed by atoms with Gasteiger partial charge in [0.15, 0.2) is 0 Å². The Bertz CT molecular complexity index is 467. The Morgan fingerprint density at radius 1 is 1.68 bits per heavy atom. The first kappa shape index (κ1) is 14.3. The molecule has 104 valence electrons. The number of nitrogens with zero attached hydrogens (tertiary/aromatic N) is 1. The number of carbonyl (C=O) groups is 1. The van der Waals surface area contributed by atoms with Crippen molar-refractivity contribution in [2.24, 2.45) is 5.92 Å². The fourth-order valence-electron chi connectivity index (χ4n) is 2.33. The highest BCUT2D eigenvalue weighted by atomic mass is 79.9. The molecule has 0 aliphatic carbocycles. The Morgan fingerprint density at radius 3 is 3.21 bits per heavy atom. The monoisotopic (exact) mass is 327 g/mol. The summed E-state index contributed by atoms with van der Waals surface area (Å²) in [6.45, 7) is 3.49. The molecule has 2 atom stereocenters. The molecule has 0 radical (unpaired) electrons. The third-order valence-electron chi connectivity index (χ3n) is 3.40. The average molecular weight is 328 g/mol. The Labute approximate surface area is 121 Å². The molecule has 2 unspecified atom stereocenters. The molecule has 0 saturated carbocycles. The van der Waals surface area contributed by atoms with Crippen molar-refractivity contribution < 1.29 is 9.53 Å². The van der Waals surface area contributed by atoms with Gasteiger partial charge in [-0.15, -0.1) is 0 Å². The number of nitrogen functional groups attached to an aromatic ring is 1. The van der Waals surface area contributed by atoms with Crippen molar-refractivity contribution in [1.29, 1.82) is 0 Å². The lowest BCUT2D eigenvalue weighted by Crippen LogP contribution is -2.33. The molecular weight excluding hydrogens is 310 g/mol. The molecule has 2 heterocycles. The maximum atomic E-state index is 12.1. The summed E-state index contributed by atoms with van der Waals surface area (Å²) in [7, 11) is 0. The number of nitrogens with two attached hydrogens (primary N) is 1. The van der Waals surface area contributed by atoms with Crippen LogP contribution >= 0.6 is 15.9 Å². The summed E-state index contributed by atoms with van der Waals surface area (Å²) in [4.78, 5) is 16.0. The fraction of sp³-hybridized carbons (Fsp3) is 0.538. The Morgan fingerprint density at radius 2 is 2.47 bits per heavy atom. The van der Waals surface area contributed by atoms with Gasteiger partial charge < -0.3 is 15.8 Å². The summed E-state index contributed by atoms with van der Waals surface area (Å²) in [6.07, 6.45) is 3.79. The van der Waals surface area contributed by atoms with Crippen LogP contribution in [0.15, 0.2) is 16.7 Å². The number of hydrogen-bond donors (Lipinski definition) is 2. The topological polar surface area (TPSA) is 77.2 Å². The fourth-order valence-corrected chi connectivity index (χ4v) is 2.66. The van der Waals surface area contributed by atoms with E-state index in [9.17, 15) is 4.79 Å². The molecule has 19 heavy (non-hydrogen) atoms. The van der Waals surface area contributed by atoms with E-state index < -0.39 is 0 Å². The molecule has 6 heteroatoms. The molecule has 5 nitrogen and oxygen atoms in total. The second-order valence-corrected chi connectivity index (χ2v) is 5.58. The highest BCUT2D eigenvalue weighted by Crippen LogP contribution is 2.23. The highest BCUT2D eigenvalue weighted by Gasteiger charge is 2.27. The molecule has 1 fully saturated rings. The van der Waals surface area contributed by atoms with Gasteiger partial charge in [0.05, 0.1) is 11.7 Å². The van der Waals surface area contributed by atoms with Gasteiger partial charge in [-0.3, -0.25) is 4.79 Å². The summed E-state index contributed by atoms with van der Waals surface area (Å²) in [5.74, 6) is 0.443. The number of carbonyl (C=O) groups excluding carboxylic acids is 1. The van der Waals surface area contributed by atoms with Crippen LogP contribution in [-0.2, 0) is 4.74 Å². The number of amides is 1. The van der Waals surface area contributed by atoms with Crippen LogP contribution in [-0.4, -0.2) is 30.1 Å². The van der Waals surface area contributed by atoms with E-state index >= 15 is 0 Å². The van der Waals surface area contributed by atoms with Crippen LogP contribution in [0.2, 0.25) is 0 Å². The highest BCUT2D eigenvalue weighted by molar-refractivity contribution is 9.10. The quantitative estimate of drug-likeness (QED) is 0.886. The van der Waals surface area contributed by atoms with Gasteiger partial charge in [0.25, 0.3) is 5.91 Å². The van der Waals surface area contributed by atoms with Crippen LogP contribution in [0.3, 0.4) is 0 Å². The van der Waals surface area contributed by atoms with Gasteiger partial charge in [-0.1, -0.05) is 6.92 Å². The number of halogens is 1. The van der Waals surface area contributed by atoms with Crippen LogP contribution < -0.4 is 11.1 Å². The molecule has 1 amide bonds. The Hall–Kier alpha value is -1.14. The molecular formula is C13H18BrN3O2. The molecule has 1 aromatic heterocycles. The zero-order chi connectivity index (χ0) is 13.8. The van der Waals surface area contributed by atoms with Crippen LogP contribution in [0.25, 0.3) is 0 Å². The Balaban J connectivity index is 1.96. The third-order valence-corrected chi connectivity index (χ3v) is 3.84. The lowest BCUT2D eigenvalue weighted by Gasteiger charge is -2.17. The largest absolute Gasteiger partial charge is 0.383 e. The zero-order valence-electron chi connectivity index (χ0n) is 10.9. The van der Waals surface area contributed by atoms with E-state index in [-0.39, 0.29) is 17.8 Å². The smallest absolute Gasteiger partial charge is 0.255 e. The lowest BCUT2D eigenvalue weighted by atomic mass is 9.99. The number of pyridine rings is 1. The molecule has 2 rings (SSSR count). The summed E-state index contributed by atoms with van der Waals surface area (Å²) >= 11 is 3.28. The second-order valence-electron chi connectivity index (χ2n) is 4.66. The van der Waals surface area contributed by atoms with E-state index in [4.69, 9.17) is 10.5 Å². The van der Waals surface area contributed by atoms with Crippen molar-refractivity contribution >= 4 is 27.7 Å². The SMILES string of the molecule is CCC1OCCC1CNC(=O)c1cc(Br)cnc1N. The minimum absolute atomic E-state index is 0.187. The van der Waals surface area contributed by atoms with Crippen molar-refractivity contribution in [3.8, 4) is 0 Å². The standard InChI is InChI=1S/C13H18BrN3O2/c1-2-11-8(3-4-19-11)6-17-13(18)10-5-9(14)7-16-12(10)15/h5,7-8,11H,2-4,6H2,1H3,(H2,15,16)(H,17,18). The van der Waals surface area contributed by atoms with Crippen molar-refractivity contribution in [3.05, 3.63) is 22.3 Å². The van der Waals surface area contributed by atoms with Crippen LogP contribution in [0.4, 0.5) is 5.82 Å². The van der Waals surface area contributed by atoms with Gasteiger partial charge in [-0.05, 0) is 34.8 Å². The van der Waals surface area contributed by atoms with Crippen molar-refractivity contribution in [2.45, 2.75) is 25.9 Å². The van der Waals surface area contributed by atoms with Crippen LogP contribution in [0, 0.1) is 5.92 Å². The number of anilines is 1. The summed E-state index contributed by atoms with van der Waals surface area (Å²) < 4.78 is 6.34. The van der Waals surface area contributed by atoms with Crippen LogP contribution in [0.1, 0.15) is 30.1 Å². The predicted octanol–water partition coefficient (Wildman–Crippen LogP) is 1.97. The number of rotatable bonds is 4. The molecule has 0 bridgehead atoms. The molecule has 0 aromatic carbocycles. The van der Waals surface area contributed by atoms with E-state index in [2.05, 4.69) is 33.2 Å². The number of hydrogen-bond acceptors (Lipinski definition) is 4. The second kappa shape index (κ2) is 6.34. The van der Waals surface area contributed by atoms with E-state index in [1.165, 1.54) is 0 Å². The van der Waals surface area contributed by atoms with E-state index in [1.807, 2.05) is 0 Å². The Kier molecular flexibility index (Phi) is 4.76. The zero-order valence-corrected chi connectivity index (χ0v) is 12.4. The third kappa shape index (κ3) is 3.45. The van der Waals surface area contributed by atoms with Gasteiger partial charge in [0.1, 0.15) is 5.82 Å². The van der Waals surface area contributed by atoms with Crippen LogP contribution in [0.5, 0.6) is 0 Å². The first-order valence-corrected chi connectivity index (χ1v) is 7.22. The molecule has 3 N–H and O–H groups in total. The molecule has 1 aliphatic heterocycles. The molecule has 1 aromatic rings. The van der Waals surface area contributed by atoms with E-state index in [1.54, 1.807) is 12.3 Å². The maximum absolute atomic E-state index is 12.1. The van der Waals surface area contributed by atoms with E-state index in [0.717, 1.165) is 23.9 Å². The maximum Gasteiger partial charge on any atom is 0.255 e. The van der Waals surface area contributed by atoms with Gasteiger partial charge in [0.2, 0.25) is 0 Å². The van der Waals surface area contributed by atoms with Gasteiger partial charge in [-0.25, -0.2) is 4.98 Å². The molecule has 1 saturated heterocycles. The predicted molar refractivity (Wildman–Crippen MR) is 76.8 cm³/mol. The minimum atomic E-state index is -0.187. The molecule has 0 spiro atoms.